The summed E-state index contributed by atoms with van der Waals surface area (Å²) in [5, 5.41) is 3.95. The number of ether oxygens (including phenoxy) is 1. The van der Waals surface area contributed by atoms with Crippen molar-refractivity contribution in [2.24, 2.45) is 0 Å². The van der Waals surface area contributed by atoms with E-state index in [1.54, 1.807) is 6.07 Å². The molecular weight excluding hydrogens is 272 g/mol. The molecule has 0 amide bonds. The molecule has 0 saturated carbocycles. The summed E-state index contributed by atoms with van der Waals surface area (Å²) in [5.41, 5.74) is 3.19. The van der Waals surface area contributed by atoms with Crippen molar-refractivity contribution in [2.75, 3.05) is 6.54 Å². The minimum atomic E-state index is 0.591. The molecule has 20 heavy (non-hydrogen) atoms. The van der Waals surface area contributed by atoms with Crippen LogP contribution in [0.3, 0.4) is 0 Å². The number of hydrogen-bond donors (Lipinski definition) is 1. The molecule has 3 nitrogen and oxygen atoms in total. The third kappa shape index (κ3) is 3.71. The van der Waals surface area contributed by atoms with E-state index in [2.05, 4.69) is 17.2 Å². The summed E-state index contributed by atoms with van der Waals surface area (Å²) >= 11 is 5.99. The number of nitrogens with one attached hydrogen (secondary N) is 1. The van der Waals surface area contributed by atoms with Gasteiger partial charge in [-0.1, -0.05) is 30.7 Å². The van der Waals surface area contributed by atoms with Gasteiger partial charge in [-0.05, 0) is 43.7 Å². The fraction of sp³-hybridized carbons (Fsp3) is 0.312. The van der Waals surface area contributed by atoms with Crippen LogP contribution in [0.15, 0.2) is 30.3 Å². The number of nitrogens with zero attached hydrogens (tertiary/aromatic N) is 1. The highest BCUT2D eigenvalue weighted by Gasteiger charge is 2.06. The van der Waals surface area contributed by atoms with Crippen LogP contribution < -0.4 is 10.1 Å². The van der Waals surface area contributed by atoms with Crippen LogP contribution in [0, 0.1) is 13.8 Å². The third-order valence-electron chi connectivity index (χ3n) is 3.10. The van der Waals surface area contributed by atoms with Crippen molar-refractivity contribution in [2.45, 2.75) is 27.3 Å². The molecule has 0 aliphatic rings. The molecule has 0 radical (unpaired) electrons. The zero-order valence-corrected chi connectivity index (χ0v) is 12.8. The summed E-state index contributed by atoms with van der Waals surface area (Å²) in [7, 11) is 0. The van der Waals surface area contributed by atoms with Crippen LogP contribution in [-0.2, 0) is 6.54 Å². The molecule has 106 valence electrons. The Labute approximate surface area is 124 Å². The van der Waals surface area contributed by atoms with Crippen LogP contribution in [-0.4, -0.2) is 11.5 Å². The van der Waals surface area contributed by atoms with E-state index < -0.39 is 0 Å². The summed E-state index contributed by atoms with van der Waals surface area (Å²) < 4.78 is 5.81. The van der Waals surface area contributed by atoms with Gasteiger partial charge in [0.15, 0.2) is 0 Å². The Hall–Kier alpha value is -1.58. The fourth-order valence-corrected chi connectivity index (χ4v) is 2.03. The van der Waals surface area contributed by atoms with Crippen molar-refractivity contribution in [3.8, 4) is 11.6 Å². The van der Waals surface area contributed by atoms with Crippen LogP contribution in [0.5, 0.6) is 11.6 Å². The molecule has 1 aromatic carbocycles. The molecule has 0 atom stereocenters. The van der Waals surface area contributed by atoms with Gasteiger partial charge in [0.05, 0.1) is 0 Å². The highest BCUT2D eigenvalue weighted by molar-refractivity contribution is 6.30. The first-order chi connectivity index (χ1) is 9.60. The van der Waals surface area contributed by atoms with Gasteiger partial charge in [-0.15, -0.1) is 0 Å². The Morgan fingerprint density at radius 1 is 1.20 bits per heavy atom. The van der Waals surface area contributed by atoms with Gasteiger partial charge in [0.2, 0.25) is 5.88 Å². The second-order valence-electron chi connectivity index (χ2n) is 4.69. The molecule has 1 aromatic heterocycles. The maximum atomic E-state index is 5.99. The zero-order valence-electron chi connectivity index (χ0n) is 12.0. The van der Waals surface area contributed by atoms with E-state index in [1.807, 2.05) is 38.1 Å². The van der Waals surface area contributed by atoms with E-state index in [0.29, 0.717) is 10.9 Å². The summed E-state index contributed by atoms with van der Waals surface area (Å²) in [6.07, 6.45) is 0. The van der Waals surface area contributed by atoms with Crippen LogP contribution in [0.1, 0.15) is 23.7 Å². The molecule has 4 heteroatoms. The molecule has 0 aliphatic heterocycles. The van der Waals surface area contributed by atoms with Crippen LogP contribution >= 0.6 is 11.6 Å². The van der Waals surface area contributed by atoms with E-state index in [1.165, 1.54) is 5.56 Å². The first-order valence-electron chi connectivity index (χ1n) is 6.71. The number of rotatable bonds is 5. The first-order valence-corrected chi connectivity index (χ1v) is 7.09. The molecule has 0 unspecified atom stereocenters. The van der Waals surface area contributed by atoms with Gasteiger partial charge in [-0.3, -0.25) is 0 Å². The number of benzene rings is 1. The second-order valence-corrected chi connectivity index (χ2v) is 5.12. The summed E-state index contributed by atoms with van der Waals surface area (Å²) in [6.45, 7) is 7.83. The van der Waals surface area contributed by atoms with Crippen molar-refractivity contribution in [1.82, 2.24) is 10.3 Å². The Morgan fingerprint density at radius 3 is 2.70 bits per heavy atom. The molecule has 0 saturated heterocycles. The molecule has 1 heterocycles. The Balaban J connectivity index is 2.17. The predicted molar refractivity (Wildman–Crippen MR) is 82.6 cm³/mol. The van der Waals surface area contributed by atoms with E-state index in [4.69, 9.17) is 16.3 Å². The lowest BCUT2D eigenvalue weighted by atomic mass is 10.2. The maximum Gasteiger partial charge on any atom is 0.219 e. The standard InChI is InChI=1S/C16H19ClN2O/c1-4-18-10-13-6-8-16(19-12(13)3)20-15-9-14(17)7-5-11(15)2/h5-9,18H,4,10H2,1-3H3. The van der Waals surface area contributed by atoms with Crippen molar-refractivity contribution in [3.63, 3.8) is 0 Å². The number of hydrogen-bond acceptors (Lipinski definition) is 3. The lowest BCUT2D eigenvalue weighted by Gasteiger charge is -2.11. The highest BCUT2D eigenvalue weighted by Crippen LogP contribution is 2.27. The van der Waals surface area contributed by atoms with Gasteiger partial charge in [0.1, 0.15) is 5.75 Å². The molecule has 0 spiro atoms. The maximum absolute atomic E-state index is 5.99. The highest BCUT2D eigenvalue weighted by atomic mass is 35.5. The minimum absolute atomic E-state index is 0.591. The van der Waals surface area contributed by atoms with Crippen LogP contribution in [0.2, 0.25) is 5.02 Å². The summed E-state index contributed by atoms with van der Waals surface area (Å²) in [5.74, 6) is 1.33. The van der Waals surface area contributed by atoms with Gasteiger partial charge in [-0.2, -0.15) is 0 Å². The molecule has 0 aliphatic carbocycles. The average molecular weight is 291 g/mol. The Morgan fingerprint density at radius 2 is 2.00 bits per heavy atom. The lowest BCUT2D eigenvalue weighted by molar-refractivity contribution is 0.457. The molecule has 1 N–H and O–H groups in total. The fourth-order valence-electron chi connectivity index (χ4n) is 1.87. The largest absolute Gasteiger partial charge is 0.439 e. The number of aromatic nitrogens is 1. The smallest absolute Gasteiger partial charge is 0.219 e. The summed E-state index contributed by atoms with van der Waals surface area (Å²) in [6, 6.07) is 9.52. The summed E-state index contributed by atoms with van der Waals surface area (Å²) in [4.78, 5) is 4.49. The normalized spacial score (nSPS) is 10.6. The van der Waals surface area contributed by atoms with Gasteiger partial charge in [0.25, 0.3) is 0 Å². The third-order valence-corrected chi connectivity index (χ3v) is 3.33. The van der Waals surface area contributed by atoms with E-state index in [-0.39, 0.29) is 0 Å². The second kappa shape index (κ2) is 6.73. The van der Waals surface area contributed by atoms with E-state index in [0.717, 1.165) is 30.1 Å². The van der Waals surface area contributed by atoms with Gasteiger partial charge < -0.3 is 10.1 Å². The number of halogens is 1. The predicted octanol–water partition coefficient (Wildman–Crippen LogP) is 4.25. The van der Waals surface area contributed by atoms with Gasteiger partial charge in [0, 0.05) is 23.3 Å². The van der Waals surface area contributed by atoms with Crippen molar-refractivity contribution in [3.05, 3.63) is 52.2 Å². The lowest BCUT2D eigenvalue weighted by Crippen LogP contribution is -2.13. The Kier molecular flexibility index (Phi) is 4.99. The van der Waals surface area contributed by atoms with Gasteiger partial charge >= 0.3 is 0 Å². The van der Waals surface area contributed by atoms with Crippen LogP contribution in [0.25, 0.3) is 0 Å². The topological polar surface area (TPSA) is 34.1 Å². The first kappa shape index (κ1) is 14.8. The average Bonchev–Trinajstić information content (AvgIpc) is 2.42. The van der Waals surface area contributed by atoms with Crippen molar-refractivity contribution in [1.29, 1.82) is 0 Å². The quantitative estimate of drug-likeness (QED) is 0.894. The van der Waals surface area contributed by atoms with Crippen molar-refractivity contribution < 1.29 is 4.74 Å². The molecule has 2 aromatic rings. The van der Waals surface area contributed by atoms with E-state index in [9.17, 15) is 0 Å². The monoisotopic (exact) mass is 290 g/mol. The van der Waals surface area contributed by atoms with Crippen LogP contribution in [0.4, 0.5) is 0 Å². The molecule has 0 bridgehead atoms. The van der Waals surface area contributed by atoms with Crippen molar-refractivity contribution >= 4 is 11.6 Å². The zero-order chi connectivity index (χ0) is 14.5. The number of aryl methyl sites for hydroxylation is 2. The molecular formula is C16H19ClN2O. The minimum Gasteiger partial charge on any atom is -0.439 e. The molecule has 2 rings (SSSR count). The number of pyridine rings is 1. The Bertz CT molecular complexity index is 599. The molecule has 0 fully saturated rings. The van der Waals surface area contributed by atoms with E-state index >= 15 is 0 Å². The SMILES string of the molecule is CCNCc1ccc(Oc2cc(Cl)ccc2C)nc1C. The van der Waals surface area contributed by atoms with Gasteiger partial charge in [-0.25, -0.2) is 4.98 Å².